The van der Waals surface area contributed by atoms with Crippen LogP contribution in [0.2, 0.25) is 0 Å². The van der Waals surface area contributed by atoms with Crippen molar-refractivity contribution in [1.82, 2.24) is 0 Å². The number of benzene rings is 1. The molecule has 116 valence electrons. The van der Waals surface area contributed by atoms with E-state index in [1.54, 1.807) is 0 Å². The maximum absolute atomic E-state index is 11.9. The summed E-state index contributed by atoms with van der Waals surface area (Å²) in [5.41, 5.74) is 0.611. The number of ether oxygens (including phenoxy) is 3. The largest absolute Gasteiger partial charge is 0.482 e. The second-order valence-electron chi connectivity index (χ2n) is 4.44. The molecule has 22 heavy (non-hydrogen) atoms. The highest BCUT2D eigenvalue weighted by Crippen LogP contribution is 2.10. The lowest BCUT2D eigenvalue weighted by Crippen LogP contribution is -2.12. The molecule has 1 aromatic heterocycles. The van der Waals surface area contributed by atoms with Crippen LogP contribution in [0.4, 0.5) is 0 Å². The number of rotatable bonds is 7. The number of carbonyl (C=O) groups is 1. The molecule has 0 saturated heterocycles. The van der Waals surface area contributed by atoms with E-state index in [4.69, 9.17) is 13.9 Å². The summed E-state index contributed by atoms with van der Waals surface area (Å²) in [7, 11) is 1.39. The van der Waals surface area contributed by atoms with Gasteiger partial charge in [-0.25, -0.2) is 4.79 Å². The van der Waals surface area contributed by atoms with Crippen molar-refractivity contribution in [1.29, 1.82) is 0 Å². The molecule has 0 N–H and O–H groups in total. The Bertz CT molecular complexity index is 662. The summed E-state index contributed by atoms with van der Waals surface area (Å²) in [5.74, 6) is -0.188. The topological polar surface area (TPSA) is 75.0 Å². The molecular formula is C16H16O6. The van der Waals surface area contributed by atoms with Gasteiger partial charge in [-0.2, -0.15) is 0 Å². The Kier molecular flexibility index (Phi) is 5.73. The zero-order valence-electron chi connectivity index (χ0n) is 12.1. The molecule has 6 heteroatoms. The fourth-order valence-electron chi connectivity index (χ4n) is 1.67. The summed E-state index contributed by atoms with van der Waals surface area (Å²) in [4.78, 5) is 23.0. The maximum Gasteiger partial charge on any atom is 0.332 e. The van der Waals surface area contributed by atoms with E-state index in [1.807, 2.05) is 30.3 Å². The summed E-state index contributed by atoms with van der Waals surface area (Å²) in [6.07, 6.45) is 1.21. The first-order chi connectivity index (χ1) is 10.7. The number of carbonyl (C=O) groups excluding carboxylic acids is 1. The van der Waals surface area contributed by atoms with Crippen LogP contribution >= 0.6 is 0 Å². The van der Waals surface area contributed by atoms with Gasteiger partial charge in [-0.15, -0.1) is 0 Å². The highest BCUT2D eigenvalue weighted by molar-refractivity contribution is 5.70. The molecule has 0 atom stereocenters. The Morgan fingerprint density at radius 2 is 1.95 bits per heavy atom. The quantitative estimate of drug-likeness (QED) is 0.727. The number of hydrogen-bond acceptors (Lipinski definition) is 6. The molecule has 0 spiro atoms. The zero-order valence-corrected chi connectivity index (χ0v) is 12.1. The first-order valence-electron chi connectivity index (χ1n) is 6.62. The summed E-state index contributed by atoms with van der Waals surface area (Å²) < 4.78 is 20.1. The second-order valence-corrected chi connectivity index (χ2v) is 4.44. The van der Waals surface area contributed by atoms with Gasteiger partial charge in [-0.05, 0) is 5.56 Å². The third-order valence-electron chi connectivity index (χ3n) is 2.73. The van der Waals surface area contributed by atoms with Crippen LogP contribution in [-0.2, 0) is 27.5 Å². The van der Waals surface area contributed by atoms with E-state index in [0.717, 1.165) is 5.56 Å². The van der Waals surface area contributed by atoms with Crippen LogP contribution in [0.5, 0.6) is 5.75 Å². The second kappa shape index (κ2) is 7.99. The average molecular weight is 304 g/mol. The van der Waals surface area contributed by atoms with Crippen LogP contribution in [0.15, 0.2) is 51.9 Å². The molecular weight excluding hydrogens is 288 g/mol. The van der Waals surface area contributed by atoms with Gasteiger partial charge in [0.25, 0.3) is 0 Å². The molecule has 0 fully saturated rings. The highest BCUT2D eigenvalue weighted by Gasteiger charge is 2.08. The summed E-state index contributed by atoms with van der Waals surface area (Å²) in [6, 6.07) is 10.7. The molecule has 0 bridgehead atoms. The van der Waals surface area contributed by atoms with Crippen molar-refractivity contribution in [2.75, 3.05) is 13.7 Å². The van der Waals surface area contributed by atoms with Crippen LogP contribution in [0, 0.1) is 0 Å². The Morgan fingerprint density at radius 1 is 1.18 bits per heavy atom. The van der Waals surface area contributed by atoms with Crippen LogP contribution in [0.1, 0.15) is 11.3 Å². The number of hydrogen-bond donors (Lipinski definition) is 0. The van der Waals surface area contributed by atoms with Crippen molar-refractivity contribution in [3.8, 4) is 5.75 Å². The molecule has 0 aliphatic carbocycles. The minimum atomic E-state index is -0.533. The molecule has 0 amide bonds. The van der Waals surface area contributed by atoms with Gasteiger partial charge in [0, 0.05) is 13.2 Å². The zero-order chi connectivity index (χ0) is 15.8. The lowest BCUT2D eigenvalue weighted by Gasteiger charge is -2.06. The molecule has 2 aromatic rings. The van der Waals surface area contributed by atoms with Gasteiger partial charge in [-0.3, -0.25) is 4.79 Å². The van der Waals surface area contributed by atoms with Crippen molar-refractivity contribution in [2.24, 2.45) is 0 Å². The predicted octanol–water partition coefficient (Wildman–Crippen LogP) is 1.91. The lowest BCUT2D eigenvalue weighted by molar-refractivity contribution is -0.149. The van der Waals surface area contributed by atoms with Gasteiger partial charge in [0.15, 0.2) is 0 Å². The monoisotopic (exact) mass is 304 g/mol. The molecule has 0 unspecified atom stereocenters. The van der Waals surface area contributed by atoms with Gasteiger partial charge < -0.3 is 18.6 Å². The van der Waals surface area contributed by atoms with E-state index in [9.17, 15) is 9.59 Å². The molecule has 0 aliphatic heterocycles. The minimum absolute atomic E-state index is 0.107. The predicted molar refractivity (Wildman–Crippen MR) is 77.4 cm³/mol. The van der Waals surface area contributed by atoms with Crippen LogP contribution in [0.3, 0.4) is 0 Å². The normalized spacial score (nSPS) is 10.2. The summed E-state index contributed by atoms with van der Waals surface area (Å²) in [6.45, 7) is -0.00727. The van der Waals surface area contributed by atoms with Gasteiger partial charge in [-0.1, -0.05) is 30.3 Å². The standard InChI is InChI=1S/C16H16O6/c1-19-11-16(18)22-9-13-7-14(17)15(10-20-13)21-8-12-5-3-2-4-6-12/h2-7,10H,8-9,11H2,1H3. The van der Waals surface area contributed by atoms with Crippen molar-refractivity contribution in [2.45, 2.75) is 13.2 Å². The molecule has 0 saturated carbocycles. The molecule has 1 heterocycles. The first-order valence-corrected chi connectivity index (χ1v) is 6.62. The molecule has 2 rings (SSSR count). The van der Waals surface area contributed by atoms with E-state index < -0.39 is 5.97 Å². The molecule has 0 radical (unpaired) electrons. The van der Waals surface area contributed by atoms with E-state index in [0.29, 0.717) is 0 Å². The third-order valence-corrected chi connectivity index (χ3v) is 2.73. The Balaban J connectivity index is 1.92. The highest BCUT2D eigenvalue weighted by atomic mass is 16.6. The smallest absolute Gasteiger partial charge is 0.332 e. The third kappa shape index (κ3) is 4.75. The average Bonchev–Trinajstić information content (AvgIpc) is 2.53. The van der Waals surface area contributed by atoms with Crippen molar-refractivity contribution >= 4 is 5.97 Å². The Hall–Kier alpha value is -2.60. The lowest BCUT2D eigenvalue weighted by atomic mass is 10.2. The number of esters is 1. The van der Waals surface area contributed by atoms with Crippen molar-refractivity contribution in [3.05, 3.63) is 64.2 Å². The maximum atomic E-state index is 11.9. The minimum Gasteiger partial charge on any atom is -0.482 e. The van der Waals surface area contributed by atoms with Crippen LogP contribution in [0.25, 0.3) is 0 Å². The summed E-state index contributed by atoms with van der Waals surface area (Å²) >= 11 is 0. The van der Waals surface area contributed by atoms with Gasteiger partial charge in [0.1, 0.15) is 31.8 Å². The summed E-state index contributed by atoms with van der Waals surface area (Å²) in [5, 5.41) is 0. The van der Waals surface area contributed by atoms with Crippen LogP contribution in [-0.4, -0.2) is 19.7 Å². The molecule has 0 aliphatic rings. The number of methoxy groups -OCH3 is 1. The van der Waals surface area contributed by atoms with Crippen molar-refractivity contribution < 1.29 is 23.4 Å². The fraction of sp³-hybridized carbons (Fsp3) is 0.250. The Labute approximate surface area is 127 Å². The molecule has 1 aromatic carbocycles. The van der Waals surface area contributed by atoms with Crippen molar-refractivity contribution in [3.63, 3.8) is 0 Å². The van der Waals surface area contributed by atoms with Gasteiger partial charge in [0.2, 0.25) is 11.2 Å². The van der Waals surface area contributed by atoms with E-state index in [2.05, 4.69) is 4.74 Å². The fourth-order valence-corrected chi connectivity index (χ4v) is 1.67. The SMILES string of the molecule is COCC(=O)OCc1cc(=O)c(OCc2ccccc2)co1. The molecule has 6 nitrogen and oxygen atoms in total. The Morgan fingerprint density at radius 3 is 2.64 bits per heavy atom. The van der Waals surface area contributed by atoms with Gasteiger partial charge >= 0.3 is 5.97 Å². The van der Waals surface area contributed by atoms with Gasteiger partial charge in [0.05, 0.1) is 0 Å². The van der Waals surface area contributed by atoms with E-state index >= 15 is 0 Å². The van der Waals surface area contributed by atoms with E-state index in [-0.39, 0.29) is 36.8 Å². The van der Waals surface area contributed by atoms with E-state index in [1.165, 1.54) is 19.4 Å². The first kappa shape index (κ1) is 15.8. The van der Waals surface area contributed by atoms with Crippen LogP contribution < -0.4 is 10.2 Å².